The summed E-state index contributed by atoms with van der Waals surface area (Å²) in [6, 6.07) is 10.5. The average molecular weight is 706 g/mol. The standard InChI is InChI=1S/C38H51N5O8/c1-23(41(8)36(48)51-38(5,6)7)32(44)21-29(37(2,3)4)35(47)42-22-26(39-33(45)25-16-18-27(19-17-25)43(49)50)20-31(42)34(46)40-30-15-11-13-24-12-9-10-14-28(24)30/h9-10,12,14,16-19,23,26,29-31H,11,13,15,20-22H2,1-8H3,(H,39,45)(H,40,46)/t23-,26-,29+,30?,31-/m0/s1. The van der Waals surface area contributed by atoms with E-state index < -0.39 is 57.9 Å². The number of carbonyl (C=O) groups is 5. The minimum atomic E-state index is -0.935. The van der Waals surface area contributed by atoms with Crippen LogP contribution < -0.4 is 10.6 Å². The third kappa shape index (κ3) is 9.71. The average Bonchev–Trinajstić information content (AvgIpc) is 3.48. The Bertz CT molecular complexity index is 1640. The van der Waals surface area contributed by atoms with Crippen molar-refractivity contribution < 1.29 is 33.6 Å². The molecule has 0 spiro atoms. The van der Waals surface area contributed by atoms with Crippen LogP contribution in [0.4, 0.5) is 10.5 Å². The first-order valence-corrected chi connectivity index (χ1v) is 17.5. The Morgan fingerprint density at radius 2 is 1.65 bits per heavy atom. The molecule has 1 heterocycles. The van der Waals surface area contributed by atoms with Crippen molar-refractivity contribution in [3.63, 3.8) is 0 Å². The summed E-state index contributed by atoms with van der Waals surface area (Å²) in [5.41, 5.74) is 0.787. The highest BCUT2D eigenvalue weighted by atomic mass is 16.6. The van der Waals surface area contributed by atoms with E-state index in [0.717, 1.165) is 24.8 Å². The van der Waals surface area contributed by atoms with Crippen LogP contribution in [0.5, 0.6) is 0 Å². The Morgan fingerprint density at radius 3 is 2.25 bits per heavy atom. The van der Waals surface area contributed by atoms with E-state index in [2.05, 4.69) is 16.7 Å². The lowest BCUT2D eigenvalue weighted by molar-refractivity contribution is -0.384. The number of non-ortho nitro benzene ring substituents is 1. The molecule has 4 amide bonds. The molecule has 13 heteroatoms. The number of likely N-dealkylation sites (N-methyl/N-ethyl adjacent to an activating group) is 1. The Hall–Kier alpha value is -4.81. The predicted molar refractivity (Wildman–Crippen MR) is 191 cm³/mol. The summed E-state index contributed by atoms with van der Waals surface area (Å²) in [7, 11) is 1.48. The largest absolute Gasteiger partial charge is 0.444 e. The molecule has 2 aromatic carbocycles. The molecule has 0 radical (unpaired) electrons. The molecule has 0 aromatic heterocycles. The van der Waals surface area contributed by atoms with E-state index in [0.29, 0.717) is 0 Å². The number of nitro benzene ring substituents is 1. The summed E-state index contributed by atoms with van der Waals surface area (Å²) in [5, 5.41) is 17.2. The Labute approximate surface area is 299 Å². The third-order valence-electron chi connectivity index (χ3n) is 9.73. The van der Waals surface area contributed by atoms with Gasteiger partial charge in [0.25, 0.3) is 11.6 Å². The molecular formula is C38H51N5O8. The zero-order valence-corrected chi connectivity index (χ0v) is 30.9. The van der Waals surface area contributed by atoms with Crippen molar-refractivity contribution in [2.45, 2.75) is 110 Å². The van der Waals surface area contributed by atoms with Crippen molar-refractivity contribution in [3.05, 3.63) is 75.3 Å². The summed E-state index contributed by atoms with van der Waals surface area (Å²) in [5.74, 6) is -2.44. The van der Waals surface area contributed by atoms with E-state index in [1.54, 1.807) is 27.7 Å². The van der Waals surface area contributed by atoms with E-state index >= 15 is 0 Å². The summed E-state index contributed by atoms with van der Waals surface area (Å²) < 4.78 is 5.44. The molecule has 1 unspecified atom stereocenters. The smallest absolute Gasteiger partial charge is 0.410 e. The molecule has 1 fully saturated rings. The van der Waals surface area contributed by atoms with Crippen LogP contribution in [0.2, 0.25) is 0 Å². The molecule has 2 N–H and O–H groups in total. The van der Waals surface area contributed by atoms with E-state index in [1.165, 1.54) is 46.7 Å². The molecular weight excluding hydrogens is 654 g/mol. The molecule has 2 aliphatic rings. The lowest BCUT2D eigenvalue weighted by atomic mass is 9.76. The fourth-order valence-electron chi connectivity index (χ4n) is 6.65. The molecule has 13 nitrogen and oxygen atoms in total. The van der Waals surface area contributed by atoms with E-state index in [9.17, 15) is 34.1 Å². The summed E-state index contributed by atoms with van der Waals surface area (Å²) >= 11 is 0. The van der Waals surface area contributed by atoms with Crippen molar-refractivity contribution in [2.75, 3.05) is 13.6 Å². The first-order chi connectivity index (χ1) is 23.8. The van der Waals surface area contributed by atoms with Gasteiger partial charge in [-0.1, -0.05) is 45.0 Å². The molecule has 5 atom stereocenters. The van der Waals surface area contributed by atoms with Gasteiger partial charge in [0.2, 0.25) is 11.8 Å². The second-order valence-corrected chi connectivity index (χ2v) is 15.7. The normalized spacial score (nSPS) is 20.0. The van der Waals surface area contributed by atoms with Crippen LogP contribution in [-0.2, 0) is 25.5 Å². The number of benzene rings is 2. The lowest BCUT2D eigenvalue weighted by Crippen LogP contribution is -2.51. The minimum Gasteiger partial charge on any atom is -0.444 e. The van der Waals surface area contributed by atoms with Crippen LogP contribution in [0.15, 0.2) is 48.5 Å². The second-order valence-electron chi connectivity index (χ2n) is 15.7. The molecule has 1 aliphatic carbocycles. The maximum absolute atomic E-state index is 14.6. The Balaban J connectivity index is 1.58. The number of ether oxygens (including phenoxy) is 1. The molecule has 1 aliphatic heterocycles. The number of rotatable bonds is 10. The molecule has 2 aromatic rings. The van der Waals surface area contributed by atoms with Crippen LogP contribution in [0.25, 0.3) is 0 Å². The maximum Gasteiger partial charge on any atom is 0.410 e. The van der Waals surface area contributed by atoms with Gasteiger partial charge in [0.15, 0.2) is 5.78 Å². The van der Waals surface area contributed by atoms with Gasteiger partial charge in [-0.3, -0.25) is 29.3 Å². The number of ketones is 1. The quantitative estimate of drug-likeness (QED) is 0.246. The van der Waals surface area contributed by atoms with Gasteiger partial charge >= 0.3 is 6.09 Å². The van der Waals surface area contributed by atoms with Crippen LogP contribution >= 0.6 is 0 Å². The number of aryl methyl sites for hydroxylation is 1. The molecule has 4 rings (SSSR count). The first-order valence-electron chi connectivity index (χ1n) is 17.5. The van der Waals surface area contributed by atoms with Crippen LogP contribution in [0, 0.1) is 21.4 Å². The monoisotopic (exact) mass is 705 g/mol. The van der Waals surface area contributed by atoms with Gasteiger partial charge in [0.05, 0.1) is 17.0 Å². The minimum absolute atomic E-state index is 0.0189. The van der Waals surface area contributed by atoms with Crippen LogP contribution in [-0.4, -0.2) is 81.6 Å². The zero-order chi connectivity index (χ0) is 37.8. The van der Waals surface area contributed by atoms with Gasteiger partial charge in [0.1, 0.15) is 11.6 Å². The number of carbonyl (C=O) groups excluding carboxylic acids is 5. The van der Waals surface area contributed by atoms with Crippen molar-refractivity contribution in [1.29, 1.82) is 0 Å². The number of nitrogens with zero attached hydrogens (tertiary/aromatic N) is 3. The fourth-order valence-corrected chi connectivity index (χ4v) is 6.65. The molecule has 276 valence electrons. The van der Waals surface area contributed by atoms with Gasteiger partial charge < -0.3 is 25.2 Å². The van der Waals surface area contributed by atoms with Crippen LogP contribution in [0.3, 0.4) is 0 Å². The van der Waals surface area contributed by atoms with Crippen LogP contribution in [0.1, 0.15) is 102 Å². The number of hydrogen-bond donors (Lipinski definition) is 2. The number of fused-ring (bicyclic) bond motifs is 1. The van der Waals surface area contributed by atoms with Crippen molar-refractivity contribution in [2.24, 2.45) is 11.3 Å². The number of hydrogen-bond acceptors (Lipinski definition) is 8. The first kappa shape index (κ1) is 39.0. The number of nitrogens with one attached hydrogen (secondary N) is 2. The zero-order valence-electron chi connectivity index (χ0n) is 30.9. The molecule has 1 saturated heterocycles. The number of nitro groups is 1. The van der Waals surface area contributed by atoms with Gasteiger partial charge in [-0.2, -0.15) is 0 Å². The van der Waals surface area contributed by atoms with E-state index in [4.69, 9.17) is 4.74 Å². The number of likely N-dealkylation sites (tertiary alicyclic amines) is 1. The van der Waals surface area contributed by atoms with Gasteiger partial charge in [0, 0.05) is 49.7 Å². The van der Waals surface area contributed by atoms with Crippen molar-refractivity contribution in [3.8, 4) is 0 Å². The SMILES string of the molecule is C[C@@H](C(=O)C[C@H](C(=O)N1C[C@@H](NC(=O)c2ccc([N+](=O)[O-])cc2)C[C@H]1C(=O)NC1CCCc2ccccc21)C(C)(C)C)N(C)C(=O)OC(C)(C)C. The second kappa shape index (κ2) is 15.6. The molecule has 51 heavy (non-hydrogen) atoms. The molecule has 0 saturated carbocycles. The lowest BCUT2D eigenvalue weighted by Gasteiger charge is -2.36. The topological polar surface area (TPSA) is 168 Å². The van der Waals surface area contributed by atoms with E-state index in [-0.39, 0.29) is 48.4 Å². The van der Waals surface area contributed by atoms with Gasteiger partial charge in [-0.15, -0.1) is 0 Å². The van der Waals surface area contributed by atoms with Crippen molar-refractivity contribution in [1.82, 2.24) is 20.4 Å². The summed E-state index contributed by atoms with van der Waals surface area (Å²) in [6.45, 7) is 12.4. The third-order valence-corrected chi connectivity index (χ3v) is 9.73. The highest BCUT2D eigenvalue weighted by Gasteiger charge is 2.46. The highest BCUT2D eigenvalue weighted by molar-refractivity contribution is 5.96. The number of Topliss-reactive ketones (excluding diaryl/α,β-unsaturated/α-hetero) is 1. The summed E-state index contributed by atoms with van der Waals surface area (Å²) in [4.78, 5) is 81.5. The van der Waals surface area contributed by atoms with Crippen molar-refractivity contribution >= 4 is 35.3 Å². The molecule has 0 bridgehead atoms. The Kier molecular flexibility index (Phi) is 11.9. The van der Waals surface area contributed by atoms with Gasteiger partial charge in [-0.05, 0) is 82.1 Å². The van der Waals surface area contributed by atoms with E-state index in [1.807, 2.05) is 39.0 Å². The number of amides is 4. The van der Waals surface area contributed by atoms with Gasteiger partial charge in [-0.25, -0.2) is 4.79 Å². The predicted octanol–water partition coefficient (Wildman–Crippen LogP) is 5.36. The Morgan fingerprint density at radius 1 is 1.00 bits per heavy atom. The highest BCUT2D eigenvalue weighted by Crippen LogP contribution is 2.35. The summed E-state index contributed by atoms with van der Waals surface area (Å²) in [6.07, 6.45) is 1.84. The maximum atomic E-state index is 14.6. The fraction of sp³-hybridized carbons (Fsp3) is 0.553.